The van der Waals surface area contributed by atoms with E-state index in [9.17, 15) is 4.79 Å². The summed E-state index contributed by atoms with van der Waals surface area (Å²) in [6, 6.07) is 3.85. The van der Waals surface area contributed by atoms with Gasteiger partial charge in [0.1, 0.15) is 15.3 Å². The van der Waals surface area contributed by atoms with Crippen molar-refractivity contribution in [1.82, 2.24) is 4.98 Å². The predicted octanol–water partition coefficient (Wildman–Crippen LogP) is 3.32. The maximum absolute atomic E-state index is 12.3. The molecule has 2 aromatic heterocycles. The average Bonchev–Trinajstić information content (AvgIpc) is 2.65. The summed E-state index contributed by atoms with van der Waals surface area (Å²) >= 11 is 1.37. The van der Waals surface area contributed by atoms with Gasteiger partial charge in [-0.15, -0.1) is 11.3 Å². The Morgan fingerprint density at radius 3 is 2.63 bits per heavy atom. The van der Waals surface area contributed by atoms with Gasteiger partial charge in [0.2, 0.25) is 0 Å². The molecule has 5 heteroatoms. The molecule has 2 aromatic rings. The second-order valence-corrected chi connectivity index (χ2v) is 6.53. The maximum atomic E-state index is 12.3. The van der Waals surface area contributed by atoms with E-state index < -0.39 is 5.60 Å². The highest BCUT2D eigenvalue weighted by Gasteiger charge is 2.25. The zero-order valence-electron chi connectivity index (χ0n) is 11.9. The van der Waals surface area contributed by atoms with Gasteiger partial charge >= 0.3 is 5.97 Å². The number of hydrogen-bond donors (Lipinski definition) is 0. The van der Waals surface area contributed by atoms with Gasteiger partial charge in [0.15, 0.2) is 0 Å². The van der Waals surface area contributed by atoms with E-state index in [2.05, 4.69) is 4.98 Å². The van der Waals surface area contributed by atoms with Crippen LogP contribution in [0, 0.1) is 0 Å². The van der Waals surface area contributed by atoms with Crippen molar-refractivity contribution in [2.45, 2.75) is 26.4 Å². The fourth-order valence-electron chi connectivity index (χ4n) is 1.83. The van der Waals surface area contributed by atoms with Crippen molar-refractivity contribution in [1.29, 1.82) is 0 Å². The van der Waals surface area contributed by atoms with Gasteiger partial charge in [-0.2, -0.15) is 0 Å². The molecule has 0 aromatic carbocycles. The van der Waals surface area contributed by atoms with Crippen LogP contribution < -0.4 is 4.90 Å². The number of hydrogen-bond acceptors (Lipinski definition) is 5. The van der Waals surface area contributed by atoms with Crippen LogP contribution in [0.2, 0.25) is 0 Å². The van der Waals surface area contributed by atoms with Gasteiger partial charge in [-0.1, -0.05) is 0 Å². The van der Waals surface area contributed by atoms with Gasteiger partial charge in [0.05, 0.1) is 5.69 Å². The highest BCUT2D eigenvalue weighted by atomic mass is 32.1. The summed E-state index contributed by atoms with van der Waals surface area (Å²) in [5.41, 5.74) is 0.381. The number of rotatable bonds is 2. The molecule has 4 nitrogen and oxygen atoms in total. The number of anilines is 1. The van der Waals surface area contributed by atoms with E-state index in [0.29, 0.717) is 4.88 Å². The first kappa shape index (κ1) is 13.8. The third-order valence-corrected chi connectivity index (χ3v) is 3.55. The maximum Gasteiger partial charge on any atom is 0.351 e. The smallest absolute Gasteiger partial charge is 0.351 e. The normalized spacial score (nSPS) is 11.6. The minimum absolute atomic E-state index is 0.292. The summed E-state index contributed by atoms with van der Waals surface area (Å²) in [5, 5.41) is 0.985. The van der Waals surface area contributed by atoms with Crippen molar-refractivity contribution in [2.24, 2.45) is 0 Å². The SMILES string of the molecule is CN(C)c1c(C(=O)OC(C)(C)C)sc2ncccc12. The van der Waals surface area contributed by atoms with Crippen LogP contribution >= 0.6 is 11.3 Å². The van der Waals surface area contributed by atoms with Crippen LogP contribution in [-0.4, -0.2) is 30.6 Å². The van der Waals surface area contributed by atoms with E-state index in [1.165, 1.54) is 11.3 Å². The van der Waals surface area contributed by atoms with Crippen LogP contribution in [-0.2, 0) is 4.74 Å². The molecular weight excluding hydrogens is 260 g/mol. The van der Waals surface area contributed by atoms with Crippen LogP contribution in [0.25, 0.3) is 10.2 Å². The molecule has 0 aliphatic heterocycles. The standard InChI is InChI=1S/C14H18N2O2S/c1-14(2,3)18-13(17)11-10(16(4)5)9-7-6-8-15-12(9)19-11/h6-8H,1-5H3. The van der Waals surface area contributed by atoms with Gasteiger partial charge in [-0.05, 0) is 32.9 Å². The molecule has 2 rings (SSSR count). The summed E-state index contributed by atoms with van der Waals surface area (Å²) in [4.78, 5) is 20.0. The van der Waals surface area contributed by atoms with Crippen LogP contribution in [0.15, 0.2) is 18.3 Å². The lowest BCUT2D eigenvalue weighted by molar-refractivity contribution is 0.00761. The van der Waals surface area contributed by atoms with E-state index in [1.807, 2.05) is 51.9 Å². The van der Waals surface area contributed by atoms with Gasteiger partial charge in [-0.3, -0.25) is 0 Å². The number of pyridine rings is 1. The molecule has 0 spiro atoms. The molecule has 0 fully saturated rings. The van der Waals surface area contributed by atoms with E-state index >= 15 is 0 Å². The summed E-state index contributed by atoms with van der Waals surface area (Å²) < 4.78 is 5.46. The van der Waals surface area contributed by atoms with Crippen LogP contribution in [0.4, 0.5) is 5.69 Å². The number of carbonyl (C=O) groups is 1. The number of nitrogens with zero attached hydrogens (tertiary/aromatic N) is 2. The summed E-state index contributed by atoms with van der Waals surface area (Å²) in [5.74, 6) is -0.292. The first-order valence-electron chi connectivity index (χ1n) is 6.08. The Morgan fingerprint density at radius 1 is 1.37 bits per heavy atom. The van der Waals surface area contributed by atoms with Crippen LogP contribution in [0.5, 0.6) is 0 Å². The second-order valence-electron chi connectivity index (χ2n) is 5.53. The molecule has 0 aliphatic carbocycles. The number of aromatic nitrogens is 1. The second kappa shape index (κ2) is 4.81. The molecule has 0 unspecified atom stereocenters. The Hall–Kier alpha value is -1.62. The van der Waals surface area contributed by atoms with E-state index in [4.69, 9.17) is 4.74 Å². The topological polar surface area (TPSA) is 42.4 Å². The summed E-state index contributed by atoms with van der Waals surface area (Å²) in [6.45, 7) is 5.60. The van der Waals surface area contributed by atoms with E-state index in [-0.39, 0.29) is 5.97 Å². The summed E-state index contributed by atoms with van der Waals surface area (Å²) in [7, 11) is 3.84. The Labute approximate surface area is 117 Å². The quantitative estimate of drug-likeness (QED) is 0.790. The first-order valence-corrected chi connectivity index (χ1v) is 6.89. The van der Waals surface area contributed by atoms with Crippen molar-refractivity contribution in [3.63, 3.8) is 0 Å². The first-order chi connectivity index (χ1) is 8.79. The fraction of sp³-hybridized carbons (Fsp3) is 0.429. The number of carbonyl (C=O) groups excluding carboxylic acids is 1. The number of thiophene rings is 1. The lowest BCUT2D eigenvalue weighted by Crippen LogP contribution is -2.24. The van der Waals surface area contributed by atoms with Crippen molar-refractivity contribution in [3.05, 3.63) is 23.2 Å². The molecule has 0 radical (unpaired) electrons. The molecular formula is C14H18N2O2S. The van der Waals surface area contributed by atoms with Crippen molar-refractivity contribution >= 4 is 33.2 Å². The third kappa shape index (κ3) is 2.87. The minimum atomic E-state index is -0.496. The zero-order chi connectivity index (χ0) is 14.2. The van der Waals surface area contributed by atoms with Crippen LogP contribution in [0.3, 0.4) is 0 Å². The molecule has 0 saturated carbocycles. The van der Waals surface area contributed by atoms with Gasteiger partial charge in [0, 0.05) is 25.7 Å². The fourth-order valence-corrected chi connectivity index (χ4v) is 2.92. The van der Waals surface area contributed by atoms with Gasteiger partial charge < -0.3 is 9.64 Å². The largest absolute Gasteiger partial charge is 0.456 e. The van der Waals surface area contributed by atoms with Crippen molar-refractivity contribution < 1.29 is 9.53 Å². The Balaban J connectivity index is 2.53. The Bertz CT molecular complexity index is 611. The third-order valence-electron chi connectivity index (χ3n) is 2.47. The number of esters is 1. The molecule has 0 amide bonds. The van der Waals surface area contributed by atoms with Crippen LogP contribution in [0.1, 0.15) is 30.4 Å². The molecule has 0 saturated heterocycles. The van der Waals surface area contributed by atoms with Gasteiger partial charge in [-0.25, -0.2) is 9.78 Å². The van der Waals surface area contributed by atoms with E-state index in [0.717, 1.165) is 15.9 Å². The summed E-state index contributed by atoms with van der Waals surface area (Å²) in [6.07, 6.45) is 1.73. The lowest BCUT2D eigenvalue weighted by Gasteiger charge is -2.20. The van der Waals surface area contributed by atoms with Crippen molar-refractivity contribution in [2.75, 3.05) is 19.0 Å². The molecule has 0 aliphatic rings. The lowest BCUT2D eigenvalue weighted by atomic mass is 10.2. The molecule has 0 bridgehead atoms. The average molecular weight is 278 g/mol. The zero-order valence-corrected chi connectivity index (χ0v) is 12.7. The molecule has 19 heavy (non-hydrogen) atoms. The highest BCUT2D eigenvalue weighted by molar-refractivity contribution is 7.21. The molecule has 102 valence electrons. The minimum Gasteiger partial charge on any atom is -0.456 e. The molecule has 2 heterocycles. The van der Waals surface area contributed by atoms with Gasteiger partial charge in [0.25, 0.3) is 0 Å². The highest BCUT2D eigenvalue weighted by Crippen LogP contribution is 2.37. The number of ether oxygens (including phenoxy) is 1. The predicted molar refractivity (Wildman–Crippen MR) is 79.1 cm³/mol. The number of fused-ring (bicyclic) bond motifs is 1. The van der Waals surface area contributed by atoms with E-state index in [1.54, 1.807) is 6.20 Å². The van der Waals surface area contributed by atoms with Crippen molar-refractivity contribution in [3.8, 4) is 0 Å². The Kier molecular flexibility index (Phi) is 3.49. The molecule has 0 N–H and O–H groups in total. The monoisotopic (exact) mass is 278 g/mol. The molecule has 0 atom stereocenters. The Morgan fingerprint density at radius 2 is 2.05 bits per heavy atom.